The molecule has 4 amide bonds. The molecule has 0 spiro atoms. The molecule has 2 aromatic carbocycles. The second-order valence-corrected chi connectivity index (χ2v) is 10.5. The normalized spacial score (nSPS) is 18.6. The van der Waals surface area contributed by atoms with E-state index in [0.29, 0.717) is 70.3 Å². The Morgan fingerprint density at radius 2 is 1.55 bits per heavy atom. The summed E-state index contributed by atoms with van der Waals surface area (Å²) in [6.07, 6.45) is 1.98. The molecular weight excluding hydrogens is 508 g/mol. The maximum absolute atomic E-state index is 13.4. The zero-order chi connectivity index (χ0) is 27.7. The van der Waals surface area contributed by atoms with Crippen LogP contribution in [0.15, 0.2) is 48.5 Å². The van der Waals surface area contributed by atoms with Crippen molar-refractivity contribution in [1.82, 2.24) is 20.0 Å². The van der Waals surface area contributed by atoms with E-state index in [2.05, 4.69) is 15.5 Å². The molecule has 10 nitrogen and oxygen atoms in total. The summed E-state index contributed by atoms with van der Waals surface area (Å²) in [6.45, 7) is 8.13. The third kappa shape index (κ3) is 7.11. The van der Waals surface area contributed by atoms with E-state index >= 15 is 0 Å². The lowest BCUT2D eigenvalue weighted by molar-refractivity contribution is -0.115. The third-order valence-electron chi connectivity index (χ3n) is 7.74. The van der Waals surface area contributed by atoms with Crippen LogP contribution in [-0.4, -0.2) is 111 Å². The minimum absolute atomic E-state index is 0.0213. The summed E-state index contributed by atoms with van der Waals surface area (Å²) in [5, 5.41) is 6.45. The Morgan fingerprint density at radius 3 is 2.38 bits per heavy atom. The van der Waals surface area contributed by atoms with Gasteiger partial charge in [0, 0.05) is 64.5 Å². The van der Waals surface area contributed by atoms with Crippen LogP contribution in [0.5, 0.6) is 0 Å². The number of hydrogen-bond donors (Lipinski definition) is 2. The van der Waals surface area contributed by atoms with Gasteiger partial charge < -0.3 is 35.0 Å². The van der Waals surface area contributed by atoms with Gasteiger partial charge in [0.1, 0.15) is 0 Å². The average Bonchev–Trinajstić information content (AvgIpc) is 3.41. The van der Waals surface area contributed by atoms with Gasteiger partial charge in [0.05, 0.1) is 31.0 Å². The Kier molecular flexibility index (Phi) is 9.51. The van der Waals surface area contributed by atoms with Crippen LogP contribution < -0.4 is 15.5 Å². The van der Waals surface area contributed by atoms with Crippen molar-refractivity contribution in [3.63, 3.8) is 0 Å². The van der Waals surface area contributed by atoms with Crippen LogP contribution in [-0.2, 0) is 16.0 Å². The summed E-state index contributed by atoms with van der Waals surface area (Å²) in [7, 11) is 0. The number of hydrogen-bond acceptors (Lipinski definition) is 6. The number of nitrogens with one attached hydrogen (secondary N) is 2. The molecule has 5 rings (SSSR count). The molecule has 0 atom stereocenters. The summed E-state index contributed by atoms with van der Waals surface area (Å²) in [5.41, 5.74) is 3.00. The van der Waals surface area contributed by atoms with Crippen LogP contribution in [0.2, 0.25) is 0 Å². The summed E-state index contributed by atoms with van der Waals surface area (Å²) in [6, 6.07) is 15.3. The average molecular weight is 549 g/mol. The van der Waals surface area contributed by atoms with Crippen LogP contribution in [0.1, 0.15) is 28.8 Å². The van der Waals surface area contributed by atoms with Gasteiger partial charge in [-0.05, 0) is 43.1 Å². The SMILES string of the molecule is O=C(Cc1ccccc1)Nc1cc(C(=O)N2CCCNCC2)ccc1N1CCCN(C(=O)N2CCOCC2)CC1. The topological polar surface area (TPSA) is 97.5 Å². The number of anilines is 2. The second kappa shape index (κ2) is 13.6. The van der Waals surface area contributed by atoms with Crippen molar-refractivity contribution < 1.29 is 19.1 Å². The van der Waals surface area contributed by atoms with Crippen molar-refractivity contribution in [2.24, 2.45) is 0 Å². The van der Waals surface area contributed by atoms with Crippen LogP contribution >= 0.6 is 0 Å². The Morgan fingerprint density at radius 1 is 0.775 bits per heavy atom. The van der Waals surface area contributed by atoms with E-state index in [-0.39, 0.29) is 24.3 Å². The monoisotopic (exact) mass is 548 g/mol. The molecule has 0 saturated carbocycles. The van der Waals surface area contributed by atoms with Crippen LogP contribution in [0.4, 0.5) is 16.2 Å². The van der Waals surface area contributed by atoms with Crippen molar-refractivity contribution in [1.29, 1.82) is 0 Å². The highest BCUT2D eigenvalue weighted by molar-refractivity contribution is 6.00. The van der Waals surface area contributed by atoms with E-state index in [1.165, 1.54) is 0 Å². The lowest BCUT2D eigenvalue weighted by Gasteiger charge is -2.32. The fraction of sp³-hybridized carbons (Fsp3) is 0.500. The quantitative estimate of drug-likeness (QED) is 0.595. The first-order chi connectivity index (χ1) is 19.6. The van der Waals surface area contributed by atoms with Gasteiger partial charge in [-0.15, -0.1) is 0 Å². The molecule has 0 bridgehead atoms. The molecule has 0 unspecified atom stereocenters. The Bertz CT molecular complexity index is 1160. The molecule has 3 aliphatic heterocycles. The van der Waals surface area contributed by atoms with E-state index in [1.54, 1.807) is 0 Å². The maximum atomic E-state index is 13.4. The number of urea groups is 1. The van der Waals surface area contributed by atoms with Crippen LogP contribution in [0.25, 0.3) is 0 Å². The number of morpholine rings is 1. The van der Waals surface area contributed by atoms with Gasteiger partial charge in [-0.25, -0.2) is 4.79 Å². The largest absolute Gasteiger partial charge is 0.378 e. The number of ether oxygens (including phenoxy) is 1. The highest BCUT2D eigenvalue weighted by Gasteiger charge is 2.27. The standard InChI is InChI=1S/C30H40N6O4/c37-28(22-24-6-2-1-3-7-24)32-26-23-25(29(38)34-12-4-10-31-11-15-34)8-9-27(26)33-13-5-14-35(17-16-33)30(39)36-18-20-40-21-19-36/h1-3,6-9,23,31H,4-5,10-22H2,(H,32,37). The molecule has 40 heavy (non-hydrogen) atoms. The Hall–Kier alpha value is -3.63. The van der Waals surface area contributed by atoms with E-state index in [0.717, 1.165) is 43.7 Å². The van der Waals surface area contributed by atoms with Crippen molar-refractivity contribution in [2.75, 3.05) is 88.9 Å². The molecule has 3 fully saturated rings. The van der Waals surface area contributed by atoms with E-state index in [4.69, 9.17) is 4.74 Å². The number of carbonyl (C=O) groups excluding carboxylic acids is 3. The third-order valence-corrected chi connectivity index (χ3v) is 7.74. The molecule has 3 aliphatic rings. The van der Waals surface area contributed by atoms with E-state index in [1.807, 2.05) is 63.2 Å². The number of amides is 4. The number of nitrogens with zero attached hydrogens (tertiary/aromatic N) is 4. The van der Waals surface area contributed by atoms with Gasteiger partial charge in [-0.2, -0.15) is 0 Å². The number of carbonyl (C=O) groups is 3. The molecule has 3 heterocycles. The van der Waals surface area contributed by atoms with Gasteiger partial charge in [-0.1, -0.05) is 30.3 Å². The van der Waals surface area contributed by atoms with Crippen LogP contribution in [0.3, 0.4) is 0 Å². The minimum Gasteiger partial charge on any atom is -0.378 e. The van der Waals surface area contributed by atoms with Gasteiger partial charge >= 0.3 is 6.03 Å². The summed E-state index contributed by atoms with van der Waals surface area (Å²) >= 11 is 0. The molecule has 0 radical (unpaired) electrons. The lowest BCUT2D eigenvalue weighted by Crippen LogP contribution is -2.49. The number of rotatable bonds is 5. The number of benzene rings is 2. The first-order valence-corrected chi connectivity index (χ1v) is 14.4. The molecule has 0 aliphatic carbocycles. The summed E-state index contributed by atoms with van der Waals surface area (Å²) in [5.74, 6) is -0.151. The molecule has 3 saturated heterocycles. The molecule has 0 aromatic heterocycles. The minimum atomic E-state index is -0.130. The van der Waals surface area contributed by atoms with Gasteiger partial charge in [0.2, 0.25) is 5.91 Å². The lowest BCUT2D eigenvalue weighted by atomic mass is 10.1. The summed E-state index contributed by atoms with van der Waals surface area (Å²) in [4.78, 5) is 47.5. The summed E-state index contributed by atoms with van der Waals surface area (Å²) < 4.78 is 5.41. The fourth-order valence-electron chi connectivity index (χ4n) is 5.56. The van der Waals surface area contributed by atoms with E-state index in [9.17, 15) is 14.4 Å². The van der Waals surface area contributed by atoms with Crippen molar-refractivity contribution in [3.05, 3.63) is 59.7 Å². The van der Waals surface area contributed by atoms with Crippen LogP contribution in [0, 0.1) is 0 Å². The molecule has 2 aromatic rings. The first kappa shape index (κ1) is 27.9. The zero-order valence-electron chi connectivity index (χ0n) is 23.1. The van der Waals surface area contributed by atoms with Gasteiger partial charge in [0.25, 0.3) is 5.91 Å². The zero-order valence-corrected chi connectivity index (χ0v) is 23.1. The highest BCUT2D eigenvalue weighted by Crippen LogP contribution is 2.29. The maximum Gasteiger partial charge on any atom is 0.320 e. The molecular formula is C30H40N6O4. The van der Waals surface area contributed by atoms with Crippen molar-refractivity contribution in [2.45, 2.75) is 19.3 Å². The molecule has 2 N–H and O–H groups in total. The Labute approximate surface area is 236 Å². The van der Waals surface area contributed by atoms with Crippen molar-refractivity contribution in [3.8, 4) is 0 Å². The fourth-order valence-corrected chi connectivity index (χ4v) is 5.56. The predicted octanol–water partition coefficient (Wildman–Crippen LogP) is 2.27. The highest BCUT2D eigenvalue weighted by atomic mass is 16.5. The predicted molar refractivity (Wildman–Crippen MR) is 155 cm³/mol. The smallest absolute Gasteiger partial charge is 0.320 e. The first-order valence-electron chi connectivity index (χ1n) is 14.4. The Balaban J connectivity index is 1.34. The van der Waals surface area contributed by atoms with Gasteiger partial charge in [-0.3, -0.25) is 9.59 Å². The second-order valence-electron chi connectivity index (χ2n) is 10.5. The molecule has 10 heteroatoms. The van der Waals surface area contributed by atoms with Gasteiger partial charge in [0.15, 0.2) is 0 Å². The molecule has 214 valence electrons. The van der Waals surface area contributed by atoms with E-state index < -0.39 is 0 Å². The van der Waals surface area contributed by atoms with Crippen molar-refractivity contribution >= 4 is 29.2 Å².